The Balaban J connectivity index is 1.89. The molecule has 2 rings (SSSR count). The zero-order chi connectivity index (χ0) is 15.9. The van der Waals surface area contributed by atoms with E-state index in [0.717, 1.165) is 38.2 Å². The molecular formula is C16H26N4O2. The van der Waals surface area contributed by atoms with Gasteiger partial charge in [0, 0.05) is 25.7 Å². The topological polar surface area (TPSA) is 67.3 Å². The molecule has 0 spiro atoms. The molecular weight excluding hydrogens is 280 g/mol. The Morgan fingerprint density at radius 1 is 1.45 bits per heavy atom. The van der Waals surface area contributed by atoms with Crippen LogP contribution in [0.1, 0.15) is 33.1 Å². The monoisotopic (exact) mass is 306 g/mol. The van der Waals surface area contributed by atoms with Crippen LogP contribution in [0.2, 0.25) is 0 Å². The molecule has 1 saturated heterocycles. The molecule has 0 bridgehead atoms. The highest BCUT2D eigenvalue weighted by atomic mass is 16.5. The van der Waals surface area contributed by atoms with Crippen LogP contribution in [-0.2, 0) is 4.79 Å². The zero-order valence-electron chi connectivity index (χ0n) is 13.7. The second-order valence-electron chi connectivity index (χ2n) is 6.19. The maximum absolute atomic E-state index is 12.3. The summed E-state index contributed by atoms with van der Waals surface area (Å²) in [4.78, 5) is 14.4. The van der Waals surface area contributed by atoms with Crippen LogP contribution in [0, 0.1) is 11.8 Å². The van der Waals surface area contributed by atoms with Gasteiger partial charge in [0.05, 0.1) is 13.0 Å². The van der Waals surface area contributed by atoms with Gasteiger partial charge in [-0.25, -0.2) is 0 Å². The van der Waals surface area contributed by atoms with Crippen LogP contribution >= 0.6 is 0 Å². The van der Waals surface area contributed by atoms with E-state index in [9.17, 15) is 4.79 Å². The van der Waals surface area contributed by atoms with Gasteiger partial charge in [0.15, 0.2) is 5.82 Å². The minimum atomic E-state index is 0.0322. The minimum absolute atomic E-state index is 0.0322. The fraction of sp³-hybridized carbons (Fsp3) is 0.688. The van der Waals surface area contributed by atoms with Gasteiger partial charge in [-0.05, 0) is 31.2 Å². The van der Waals surface area contributed by atoms with E-state index in [-0.39, 0.29) is 11.8 Å². The van der Waals surface area contributed by atoms with Crippen molar-refractivity contribution in [2.45, 2.75) is 33.1 Å². The first-order valence-electron chi connectivity index (χ1n) is 8.00. The van der Waals surface area contributed by atoms with Gasteiger partial charge >= 0.3 is 0 Å². The number of carbonyl (C=O) groups is 1. The fourth-order valence-electron chi connectivity index (χ4n) is 2.62. The molecule has 1 aliphatic rings. The molecule has 1 unspecified atom stereocenters. The number of hydrogen-bond donors (Lipinski definition) is 1. The molecule has 0 saturated carbocycles. The molecule has 22 heavy (non-hydrogen) atoms. The van der Waals surface area contributed by atoms with Gasteiger partial charge in [0.25, 0.3) is 0 Å². The number of rotatable bonds is 6. The van der Waals surface area contributed by atoms with Crippen molar-refractivity contribution in [1.82, 2.24) is 15.5 Å². The number of carbonyl (C=O) groups excluding carboxylic acids is 1. The van der Waals surface area contributed by atoms with Crippen LogP contribution in [-0.4, -0.2) is 42.8 Å². The van der Waals surface area contributed by atoms with Gasteiger partial charge in [0.2, 0.25) is 11.8 Å². The molecule has 2 heterocycles. The lowest BCUT2D eigenvalue weighted by molar-refractivity contribution is -0.125. The Labute approximate surface area is 132 Å². The molecule has 1 aromatic heterocycles. The Morgan fingerprint density at radius 2 is 2.27 bits per heavy atom. The zero-order valence-corrected chi connectivity index (χ0v) is 13.7. The normalized spacial score (nSPS) is 18.4. The van der Waals surface area contributed by atoms with Crippen LogP contribution in [0.5, 0.6) is 5.88 Å². The summed E-state index contributed by atoms with van der Waals surface area (Å²) in [5.41, 5.74) is 0. The summed E-state index contributed by atoms with van der Waals surface area (Å²) in [6.07, 6.45) is 2.95. The highest BCUT2D eigenvalue weighted by Crippen LogP contribution is 2.22. The number of piperidine rings is 1. The van der Waals surface area contributed by atoms with Gasteiger partial charge in [-0.2, -0.15) is 0 Å². The first-order valence-corrected chi connectivity index (χ1v) is 8.00. The molecule has 1 aliphatic heterocycles. The average Bonchev–Trinajstić information content (AvgIpc) is 2.54. The summed E-state index contributed by atoms with van der Waals surface area (Å²) in [5.74, 6) is 2.11. The summed E-state index contributed by atoms with van der Waals surface area (Å²) in [6.45, 7) is 6.70. The molecule has 1 aromatic rings. The van der Waals surface area contributed by atoms with Gasteiger partial charge in [-0.1, -0.05) is 13.8 Å². The Kier molecular flexibility index (Phi) is 5.98. The molecule has 0 aromatic carbocycles. The molecule has 0 radical (unpaired) electrons. The largest absolute Gasteiger partial charge is 0.480 e. The second kappa shape index (κ2) is 7.96. The number of amides is 1. The van der Waals surface area contributed by atoms with Gasteiger partial charge < -0.3 is 15.0 Å². The van der Waals surface area contributed by atoms with Crippen molar-refractivity contribution in [2.75, 3.05) is 31.6 Å². The highest BCUT2D eigenvalue weighted by molar-refractivity contribution is 5.79. The van der Waals surface area contributed by atoms with E-state index in [1.165, 1.54) is 0 Å². The SMILES string of the molecule is COc1ccc(N2CCCC(C(=O)NCCC(C)C)C2)nn1. The Hall–Kier alpha value is -1.85. The van der Waals surface area contributed by atoms with E-state index >= 15 is 0 Å². The Morgan fingerprint density at radius 3 is 2.91 bits per heavy atom. The van der Waals surface area contributed by atoms with E-state index in [0.29, 0.717) is 18.3 Å². The number of nitrogens with zero attached hydrogens (tertiary/aromatic N) is 3. The molecule has 1 amide bonds. The molecule has 0 aliphatic carbocycles. The average molecular weight is 306 g/mol. The molecule has 6 heteroatoms. The molecule has 1 N–H and O–H groups in total. The van der Waals surface area contributed by atoms with Crippen LogP contribution in [0.3, 0.4) is 0 Å². The van der Waals surface area contributed by atoms with Gasteiger partial charge in [-0.3, -0.25) is 4.79 Å². The van der Waals surface area contributed by atoms with Crippen molar-refractivity contribution >= 4 is 11.7 Å². The molecule has 6 nitrogen and oxygen atoms in total. The van der Waals surface area contributed by atoms with Crippen molar-refractivity contribution < 1.29 is 9.53 Å². The molecule has 1 atom stereocenters. The van der Waals surface area contributed by atoms with Gasteiger partial charge in [0.1, 0.15) is 0 Å². The standard InChI is InChI=1S/C16H26N4O2/c1-12(2)8-9-17-16(21)13-5-4-10-20(11-13)14-6-7-15(22-3)19-18-14/h6-7,12-13H,4-5,8-11H2,1-3H3,(H,17,21). The maximum Gasteiger partial charge on any atom is 0.233 e. The number of ether oxygens (including phenoxy) is 1. The van der Waals surface area contributed by atoms with Crippen LogP contribution < -0.4 is 15.0 Å². The second-order valence-corrected chi connectivity index (χ2v) is 6.19. The third kappa shape index (κ3) is 4.58. The summed E-state index contributed by atoms with van der Waals surface area (Å²) in [5, 5.41) is 11.2. The minimum Gasteiger partial charge on any atom is -0.480 e. The van der Waals surface area contributed by atoms with Crippen LogP contribution in [0.15, 0.2) is 12.1 Å². The van der Waals surface area contributed by atoms with Crippen LogP contribution in [0.4, 0.5) is 5.82 Å². The lowest BCUT2D eigenvalue weighted by atomic mass is 9.97. The maximum atomic E-state index is 12.3. The first kappa shape index (κ1) is 16.5. The summed E-state index contributed by atoms with van der Waals surface area (Å²) < 4.78 is 5.02. The highest BCUT2D eigenvalue weighted by Gasteiger charge is 2.26. The third-order valence-electron chi connectivity index (χ3n) is 3.97. The van der Waals surface area contributed by atoms with E-state index in [4.69, 9.17) is 4.74 Å². The number of methoxy groups -OCH3 is 1. The predicted molar refractivity (Wildman–Crippen MR) is 86.0 cm³/mol. The number of aromatic nitrogens is 2. The van der Waals surface area contributed by atoms with Gasteiger partial charge in [-0.15, -0.1) is 10.2 Å². The van der Waals surface area contributed by atoms with Crippen LogP contribution in [0.25, 0.3) is 0 Å². The predicted octanol–water partition coefficient (Wildman–Crippen LogP) is 1.86. The third-order valence-corrected chi connectivity index (χ3v) is 3.97. The molecule has 122 valence electrons. The van der Waals surface area contributed by atoms with E-state index < -0.39 is 0 Å². The van der Waals surface area contributed by atoms with Crippen molar-refractivity contribution in [1.29, 1.82) is 0 Å². The number of hydrogen-bond acceptors (Lipinski definition) is 5. The number of anilines is 1. The Bertz CT molecular complexity index is 476. The van der Waals surface area contributed by atoms with E-state index in [2.05, 4.69) is 34.3 Å². The fourth-order valence-corrected chi connectivity index (χ4v) is 2.62. The summed E-state index contributed by atoms with van der Waals surface area (Å²) >= 11 is 0. The lowest BCUT2D eigenvalue weighted by Gasteiger charge is -2.32. The van der Waals surface area contributed by atoms with Crippen molar-refractivity contribution in [3.63, 3.8) is 0 Å². The smallest absolute Gasteiger partial charge is 0.233 e. The summed E-state index contributed by atoms with van der Waals surface area (Å²) in [7, 11) is 1.57. The van der Waals surface area contributed by atoms with E-state index in [1.54, 1.807) is 13.2 Å². The first-order chi connectivity index (χ1) is 10.6. The van der Waals surface area contributed by atoms with Crippen molar-refractivity contribution in [2.24, 2.45) is 11.8 Å². The number of nitrogens with one attached hydrogen (secondary N) is 1. The van der Waals surface area contributed by atoms with Crippen molar-refractivity contribution in [3.8, 4) is 5.88 Å². The van der Waals surface area contributed by atoms with E-state index in [1.807, 2.05) is 6.07 Å². The molecule has 1 fully saturated rings. The lowest BCUT2D eigenvalue weighted by Crippen LogP contribution is -2.43. The van der Waals surface area contributed by atoms with Crippen molar-refractivity contribution in [3.05, 3.63) is 12.1 Å². The quantitative estimate of drug-likeness (QED) is 0.869. The summed E-state index contributed by atoms with van der Waals surface area (Å²) in [6, 6.07) is 3.69.